The highest BCUT2D eigenvalue weighted by Gasteiger charge is 2.58. The lowest BCUT2D eigenvalue weighted by Crippen LogP contribution is -2.44. The molecular weight excluding hydrogens is 611 g/mol. The van der Waals surface area contributed by atoms with E-state index in [4.69, 9.17) is 29.6 Å². The summed E-state index contributed by atoms with van der Waals surface area (Å²) in [7, 11) is 2.70. The zero-order valence-corrected chi connectivity index (χ0v) is 26.0. The number of urea groups is 1. The van der Waals surface area contributed by atoms with E-state index in [0.717, 1.165) is 4.90 Å². The number of nitrogens with two attached hydrogens (primary N) is 1. The van der Waals surface area contributed by atoms with E-state index in [-0.39, 0.29) is 28.7 Å². The van der Waals surface area contributed by atoms with E-state index in [1.54, 1.807) is 13.8 Å². The molecule has 7 N–H and O–H groups in total. The van der Waals surface area contributed by atoms with E-state index in [9.17, 15) is 24.1 Å². The molecule has 3 amide bonds. The zero-order valence-electron chi connectivity index (χ0n) is 24.3. The molecule has 2 aliphatic rings. The van der Waals surface area contributed by atoms with E-state index in [1.807, 2.05) is 0 Å². The summed E-state index contributed by atoms with van der Waals surface area (Å²) in [5.74, 6) is -1.35. The van der Waals surface area contributed by atoms with Gasteiger partial charge in [-0.2, -0.15) is 9.97 Å². The number of anilines is 1. The molecule has 43 heavy (non-hydrogen) atoms. The number of likely N-dealkylation sites (N-methyl/N-ethyl adjacent to an activating group) is 1. The largest absolute Gasteiger partial charge is 0.479 e. The van der Waals surface area contributed by atoms with Crippen LogP contribution in [0.5, 0.6) is 5.88 Å². The summed E-state index contributed by atoms with van der Waals surface area (Å²) in [4.78, 5) is 50.0. The molecule has 0 aromatic carbocycles. The number of carbonyl (C=O) groups excluding carboxylic acids is 3. The summed E-state index contributed by atoms with van der Waals surface area (Å²) in [6.07, 6.45) is -2.83. The maximum Gasteiger partial charge on any atom is 0.327 e. The molecule has 238 valence electrons. The van der Waals surface area contributed by atoms with Crippen LogP contribution in [-0.2, 0) is 28.2 Å². The Morgan fingerprint density at radius 2 is 2.07 bits per heavy atom. The molecule has 20 heteroatoms. The first-order valence-electron chi connectivity index (χ1n) is 13.2. The smallest absolute Gasteiger partial charge is 0.327 e. The third kappa shape index (κ3) is 6.72. The molecule has 4 rings (SSSR count). The Labute approximate surface area is 250 Å². The van der Waals surface area contributed by atoms with Gasteiger partial charge in [0.05, 0.1) is 26.1 Å². The number of fused-ring (bicyclic) bond motifs is 1. The number of methoxy groups -OCH3 is 1. The van der Waals surface area contributed by atoms with Gasteiger partial charge in [0.2, 0.25) is 23.7 Å². The van der Waals surface area contributed by atoms with Crippen molar-refractivity contribution in [3.63, 3.8) is 0 Å². The number of rotatable bonds is 12. The minimum Gasteiger partial charge on any atom is -0.479 e. The second-order valence-electron chi connectivity index (χ2n) is 10.5. The molecule has 5 unspecified atom stereocenters. The number of nitrogens with zero attached hydrogens (tertiary/aromatic N) is 5. The SMILES string of the molecule is COc1nc(N)nc2c1ncn2C1OC(COP(=O)(N[C@H](C)C(=O)OC(C)C)SCC2NC(=O)N(C)C2=O)[C@@H](O)C1(C)[OH2+]. The van der Waals surface area contributed by atoms with Crippen LogP contribution in [-0.4, -0.2) is 115 Å². The van der Waals surface area contributed by atoms with Gasteiger partial charge < -0.3 is 40.0 Å². The lowest BCUT2D eigenvalue weighted by molar-refractivity contribution is -0.149. The van der Waals surface area contributed by atoms with Gasteiger partial charge in [0, 0.05) is 19.7 Å². The third-order valence-corrected chi connectivity index (χ3v) is 10.9. The van der Waals surface area contributed by atoms with Crippen LogP contribution in [0.2, 0.25) is 0 Å². The second kappa shape index (κ2) is 12.5. The molecule has 0 bridgehead atoms. The minimum absolute atomic E-state index is 0.103. The zero-order chi connectivity index (χ0) is 31.9. The van der Waals surface area contributed by atoms with Crippen molar-refractivity contribution in [1.29, 1.82) is 0 Å². The second-order valence-corrected chi connectivity index (χ2v) is 14.8. The van der Waals surface area contributed by atoms with Crippen molar-refractivity contribution >= 4 is 53.1 Å². The summed E-state index contributed by atoms with van der Waals surface area (Å²) in [5, 5.41) is 25.1. The summed E-state index contributed by atoms with van der Waals surface area (Å²) in [6.45, 7) is 1.69. The molecule has 0 saturated carbocycles. The number of aliphatic hydroxyl groups is 1. The van der Waals surface area contributed by atoms with Gasteiger partial charge in [-0.25, -0.2) is 14.9 Å². The van der Waals surface area contributed by atoms with Crippen molar-refractivity contribution < 1.29 is 47.9 Å². The molecule has 2 aromatic rings. The lowest BCUT2D eigenvalue weighted by atomic mass is 9.96. The normalized spacial score (nSPS) is 27.9. The molecule has 18 nitrogen and oxygen atoms in total. The maximum absolute atomic E-state index is 14.0. The standard InChI is InChI=1S/C23H35N8O10PS/c1-10(2)40-19(34)11(3)29-42(37,43-8-12-18(33)30(5)22(35)26-12)39-7-13-15(32)23(4,36)20(41-13)31-9-25-14-16(31)27-21(24)28-17(14)38-6/h9-13,15,20,32,36H,7-8H2,1-6H3,(H,26,35)(H,29,37)(H2,24,27,28)/p+1/t11-,12?,13?,15-,20?,23?,42?/m1/s1. The van der Waals surface area contributed by atoms with Crippen LogP contribution in [0.1, 0.15) is 33.9 Å². The van der Waals surface area contributed by atoms with E-state index in [1.165, 1.54) is 38.9 Å². The van der Waals surface area contributed by atoms with Crippen LogP contribution in [0.3, 0.4) is 0 Å². The Morgan fingerprint density at radius 1 is 1.37 bits per heavy atom. The van der Waals surface area contributed by atoms with Gasteiger partial charge in [0.1, 0.15) is 18.2 Å². The predicted molar refractivity (Wildman–Crippen MR) is 153 cm³/mol. The number of imidazole rings is 1. The number of hydrogen-bond acceptors (Lipinski definition) is 14. The molecule has 2 aromatic heterocycles. The van der Waals surface area contributed by atoms with Crippen molar-refractivity contribution in [2.24, 2.45) is 0 Å². The highest BCUT2D eigenvalue weighted by atomic mass is 32.7. The van der Waals surface area contributed by atoms with Gasteiger partial charge in [0.25, 0.3) is 5.91 Å². The highest BCUT2D eigenvalue weighted by molar-refractivity contribution is 8.56. The van der Waals surface area contributed by atoms with Crippen LogP contribution < -0.4 is 20.9 Å². The van der Waals surface area contributed by atoms with Crippen LogP contribution in [0.15, 0.2) is 6.33 Å². The summed E-state index contributed by atoms with van der Waals surface area (Å²) >= 11 is 0.692. The third-order valence-electron chi connectivity index (χ3n) is 6.74. The van der Waals surface area contributed by atoms with Gasteiger partial charge in [-0.15, -0.1) is 0 Å². The molecule has 0 radical (unpaired) electrons. The van der Waals surface area contributed by atoms with Gasteiger partial charge in [-0.05, 0) is 20.8 Å². The Hall–Kier alpha value is -3.06. The average molecular weight is 648 g/mol. The van der Waals surface area contributed by atoms with Crippen LogP contribution in [0, 0.1) is 0 Å². The number of ether oxygens (including phenoxy) is 3. The molecule has 2 saturated heterocycles. The highest BCUT2D eigenvalue weighted by Crippen LogP contribution is 2.57. The number of aromatic nitrogens is 4. The van der Waals surface area contributed by atoms with E-state index in [0.29, 0.717) is 11.4 Å². The molecule has 4 heterocycles. The summed E-state index contributed by atoms with van der Waals surface area (Å²) < 4.78 is 37.6. The number of carbonyl (C=O) groups is 3. The van der Waals surface area contributed by atoms with Crippen molar-refractivity contribution in [1.82, 2.24) is 34.8 Å². The van der Waals surface area contributed by atoms with Crippen molar-refractivity contribution in [2.75, 3.05) is 32.3 Å². The van der Waals surface area contributed by atoms with Crippen LogP contribution in [0.25, 0.3) is 11.2 Å². The molecule has 7 atom stereocenters. The fourth-order valence-corrected chi connectivity index (χ4v) is 8.31. The van der Waals surface area contributed by atoms with Gasteiger partial charge in [0.15, 0.2) is 17.3 Å². The number of aliphatic hydroxyl groups excluding tert-OH is 1. The average Bonchev–Trinajstić information content (AvgIpc) is 3.53. The topological polar surface area (TPSA) is 245 Å². The number of esters is 1. The number of hydrogen-bond donors (Lipinski definition) is 4. The van der Waals surface area contributed by atoms with Crippen molar-refractivity contribution in [2.45, 2.75) is 69.9 Å². The fourth-order valence-electron chi connectivity index (χ4n) is 4.45. The van der Waals surface area contributed by atoms with E-state index in [2.05, 4.69) is 25.4 Å². The van der Waals surface area contributed by atoms with Crippen molar-refractivity contribution in [3.05, 3.63) is 6.33 Å². The molecular formula is C23H36N8O10PS+. The van der Waals surface area contributed by atoms with Gasteiger partial charge in [-0.3, -0.25) is 23.6 Å². The number of imide groups is 1. The molecule has 2 fully saturated rings. The van der Waals surface area contributed by atoms with E-state index >= 15 is 0 Å². The minimum atomic E-state index is -4.03. The quantitative estimate of drug-likeness (QED) is 0.0981. The Balaban J connectivity index is 1.53. The number of nitrogens with one attached hydrogen (secondary N) is 2. The van der Waals surface area contributed by atoms with Crippen LogP contribution >= 0.6 is 18.1 Å². The molecule has 0 spiro atoms. The number of nitrogen functional groups attached to an aromatic ring is 1. The lowest BCUT2D eigenvalue weighted by Gasteiger charge is -2.25. The van der Waals surface area contributed by atoms with Gasteiger partial charge in [-0.1, -0.05) is 11.4 Å². The Bertz CT molecular complexity index is 1440. The van der Waals surface area contributed by atoms with Crippen molar-refractivity contribution in [3.8, 4) is 5.88 Å². The fraction of sp³-hybridized carbons (Fsp3) is 0.652. The molecule has 2 aliphatic heterocycles. The predicted octanol–water partition coefficient (Wildman–Crippen LogP) is -0.503. The molecule has 0 aliphatic carbocycles. The summed E-state index contributed by atoms with van der Waals surface area (Å²) in [6, 6.07) is -2.67. The first kappa shape index (κ1) is 32.8. The summed E-state index contributed by atoms with van der Waals surface area (Å²) in [5.41, 5.74) is 4.61. The first-order valence-corrected chi connectivity index (χ1v) is 16.4. The number of amides is 3. The van der Waals surface area contributed by atoms with E-state index < -0.39 is 73.5 Å². The monoisotopic (exact) mass is 647 g/mol. The Morgan fingerprint density at radius 3 is 2.67 bits per heavy atom. The van der Waals surface area contributed by atoms with Gasteiger partial charge >= 0.3 is 18.7 Å². The van der Waals surface area contributed by atoms with Crippen LogP contribution in [0.4, 0.5) is 10.7 Å². The first-order chi connectivity index (χ1) is 20.1. The maximum atomic E-state index is 14.0. The Kier molecular flexibility index (Phi) is 9.55.